The lowest BCUT2D eigenvalue weighted by molar-refractivity contribution is -0.122. The first-order chi connectivity index (χ1) is 14.7. The third-order valence-electron chi connectivity index (χ3n) is 6.00. The summed E-state index contributed by atoms with van der Waals surface area (Å²) in [5.74, 6) is 0.455. The molecule has 1 aliphatic carbocycles. The molecule has 30 heavy (non-hydrogen) atoms. The number of nitrogens with one attached hydrogen (secondary N) is 1. The zero-order valence-electron chi connectivity index (χ0n) is 17.8. The minimum Gasteiger partial charge on any atom is -0.483 e. The van der Waals surface area contributed by atoms with Crippen LogP contribution in [0.3, 0.4) is 0 Å². The predicted octanol–water partition coefficient (Wildman–Crippen LogP) is 2.33. The summed E-state index contributed by atoms with van der Waals surface area (Å²) >= 11 is 0. The number of pyridine rings is 1. The molecule has 0 atom stereocenters. The average molecular weight is 421 g/mol. The van der Waals surface area contributed by atoms with Crippen LogP contribution in [0.1, 0.15) is 50.6 Å². The number of nitrogens with zero attached hydrogens (tertiary/aromatic N) is 3. The van der Waals surface area contributed by atoms with Crippen LogP contribution in [0.25, 0.3) is 0 Å². The summed E-state index contributed by atoms with van der Waals surface area (Å²) in [6.45, 7) is 4.22. The Morgan fingerprint density at radius 1 is 1.20 bits per heavy atom. The van der Waals surface area contributed by atoms with Crippen LogP contribution in [0.15, 0.2) is 24.4 Å². The number of aliphatic hydroxyl groups excluding tert-OH is 1. The predicted molar refractivity (Wildman–Crippen MR) is 115 cm³/mol. The average Bonchev–Trinajstić information content (AvgIpc) is 2.79. The second kappa shape index (κ2) is 13.9. The Balaban J connectivity index is 0.00000101. The molecule has 3 N–H and O–H groups in total. The van der Waals surface area contributed by atoms with Crippen LogP contribution in [0, 0.1) is 5.92 Å². The quantitative estimate of drug-likeness (QED) is 0.585. The van der Waals surface area contributed by atoms with Gasteiger partial charge in [0.2, 0.25) is 0 Å². The summed E-state index contributed by atoms with van der Waals surface area (Å²) in [4.78, 5) is 30.1. The first-order valence-corrected chi connectivity index (χ1v) is 11.0. The minimum atomic E-state index is -0.250. The van der Waals surface area contributed by atoms with Crippen molar-refractivity contribution in [2.45, 2.75) is 57.5 Å². The molecule has 2 aliphatic rings. The molecule has 0 bridgehead atoms. The Morgan fingerprint density at radius 2 is 1.90 bits per heavy atom. The van der Waals surface area contributed by atoms with Gasteiger partial charge >= 0.3 is 6.03 Å². The normalized spacial score (nSPS) is 18.2. The van der Waals surface area contributed by atoms with Crippen molar-refractivity contribution in [3.8, 4) is 0 Å². The Morgan fingerprint density at radius 3 is 2.50 bits per heavy atom. The van der Waals surface area contributed by atoms with E-state index >= 15 is 0 Å². The SMILES string of the molecule is O=C(NCCN1CCC(CO)CC1)N(Cc1ccccn1)C1CCCCC1.O=CO. The van der Waals surface area contributed by atoms with Gasteiger partial charge in [0.05, 0.1) is 12.2 Å². The molecular formula is C22H36N4O4. The molecule has 0 spiro atoms. The van der Waals surface area contributed by atoms with Gasteiger partial charge in [-0.3, -0.25) is 9.78 Å². The molecule has 168 valence electrons. The van der Waals surface area contributed by atoms with Gasteiger partial charge in [-0.05, 0) is 56.8 Å². The van der Waals surface area contributed by atoms with Gasteiger partial charge in [-0.15, -0.1) is 0 Å². The van der Waals surface area contributed by atoms with Crippen molar-refractivity contribution in [2.75, 3.05) is 32.8 Å². The van der Waals surface area contributed by atoms with Gasteiger partial charge in [-0.2, -0.15) is 0 Å². The molecule has 0 radical (unpaired) electrons. The Bertz CT molecular complexity index is 602. The maximum Gasteiger partial charge on any atom is 0.318 e. The maximum absolute atomic E-state index is 12.9. The highest BCUT2D eigenvalue weighted by Crippen LogP contribution is 2.24. The number of likely N-dealkylation sites (tertiary alicyclic amines) is 1. The van der Waals surface area contributed by atoms with Crippen molar-refractivity contribution in [2.24, 2.45) is 5.92 Å². The standard InChI is InChI=1S/C21H34N4O2.CH2O2/c26-17-18-9-13-24(14-10-18)15-12-23-21(27)25(20-7-2-1-3-8-20)16-19-6-4-5-11-22-19;2-1-3/h4-6,11,18,20,26H,1-3,7-10,12-17H2,(H,23,27);1H,(H,2,3). The lowest BCUT2D eigenvalue weighted by Crippen LogP contribution is -2.48. The van der Waals surface area contributed by atoms with E-state index in [1.165, 1.54) is 19.3 Å². The summed E-state index contributed by atoms with van der Waals surface area (Å²) in [6.07, 6.45) is 9.77. The molecule has 8 nitrogen and oxygen atoms in total. The van der Waals surface area contributed by atoms with Crippen molar-refractivity contribution >= 4 is 12.5 Å². The van der Waals surface area contributed by atoms with Crippen LogP contribution in [-0.2, 0) is 11.3 Å². The number of aliphatic hydroxyl groups is 1. The van der Waals surface area contributed by atoms with Crippen LogP contribution >= 0.6 is 0 Å². The first kappa shape index (κ1) is 24.1. The van der Waals surface area contributed by atoms with Gasteiger partial charge in [0.15, 0.2) is 0 Å². The topological polar surface area (TPSA) is 106 Å². The first-order valence-electron chi connectivity index (χ1n) is 11.0. The fourth-order valence-electron chi connectivity index (χ4n) is 4.24. The van der Waals surface area contributed by atoms with E-state index in [9.17, 15) is 9.90 Å². The van der Waals surface area contributed by atoms with E-state index in [4.69, 9.17) is 9.90 Å². The monoisotopic (exact) mass is 420 g/mol. The van der Waals surface area contributed by atoms with Gasteiger partial charge in [0.25, 0.3) is 6.47 Å². The number of carboxylic acid groups (broad SMARTS) is 1. The molecule has 0 unspecified atom stereocenters. The molecule has 2 fully saturated rings. The summed E-state index contributed by atoms with van der Waals surface area (Å²) < 4.78 is 0. The fraction of sp³-hybridized carbons (Fsp3) is 0.682. The molecule has 2 heterocycles. The fourth-order valence-corrected chi connectivity index (χ4v) is 4.24. The van der Waals surface area contributed by atoms with E-state index in [1.54, 1.807) is 6.20 Å². The van der Waals surface area contributed by atoms with E-state index in [2.05, 4.69) is 15.2 Å². The second-order valence-corrected chi connectivity index (χ2v) is 8.05. The lowest BCUT2D eigenvalue weighted by Gasteiger charge is -2.35. The zero-order valence-corrected chi connectivity index (χ0v) is 17.8. The lowest BCUT2D eigenvalue weighted by atomic mass is 9.94. The van der Waals surface area contributed by atoms with E-state index in [-0.39, 0.29) is 12.5 Å². The van der Waals surface area contributed by atoms with Gasteiger partial charge in [0, 0.05) is 31.9 Å². The number of hydrogen-bond donors (Lipinski definition) is 3. The number of amides is 2. The highest BCUT2D eigenvalue weighted by atomic mass is 16.3. The van der Waals surface area contributed by atoms with E-state index in [0.717, 1.165) is 51.0 Å². The highest BCUT2D eigenvalue weighted by molar-refractivity contribution is 5.74. The Labute approximate surface area is 179 Å². The molecule has 8 heteroatoms. The largest absolute Gasteiger partial charge is 0.483 e. The smallest absolute Gasteiger partial charge is 0.318 e. The van der Waals surface area contributed by atoms with Gasteiger partial charge in [-0.1, -0.05) is 25.3 Å². The maximum atomic E-state index is 12.9. The second-order valence-electron chi connectivity index (χ2n) is 8.05. The Kier molecular flexibility index (Phi) is 11.2. The van der Waals surface area contributed by atoms with Gasteiger partial charge < -0.3 is 25.3 Å². The molecule has 1 aliphatic heterocycles. The minimum absolute atomic E-state index is 0.0396. The number of piperidine rings is 1. The van der Waals surface area contributed by atoms with Crippen LogP contribution in [0.4, 0.5) is 4.79 Å². The molecule has 0 aromatic carbocycles. The van der Waals surface area contributed by atoms with E-state index in [0.29, 0.717) is 31.7 Å². The summed E-state index contributed by atoms with van der Waals surface area (Å²) in [6, 6.07) is 6.25. The molecule has 1 saturated carbocycles. The summed E-state index contributed by atoms with van der Waals surface area (Å²) in [7, 11) is 0. The van der Waals surface area contributed by atoms with Crippen LogP contribution in [0.2, 0.25) is 0 Å². The van der Waals surface area contributed by atoms with Crippen molar-refractivity contribution in [1.29, 1.82) is 0 Å². The molecule has 1 aromatic rings. The van der Waals surface area contributed by atoms with Crippen molar-refractivity contribution in [3.63, 3.8) is 0 Å². The van der Waals surface area contributed by atoms with Gasteiger partial charge in [0.1, 0.15) is 0 Å². The number of carbonyl (C=O) groups is 2. The van der Waals surface area contributed by atoms with Crippen molar-refractivity contribution in [3.05, 3.63) is 30.1 Å². The molecule has 1 aromatic heterocycles. The highest BCUT2D eigenvalue weighted by Gasteiger charge is 2.26. The summed E-state index contributed by atoms with van der Waals surface area (Å²) in [5, 5.41) is 19.3. The van der Waals surface area contributed by atoms with Crippen LogP contribution in [0.5, 0.6) is 0 Å². The molecule has 1 saturated heterocycles. The molecule has 2 amide bonds. The molecule has 3 rings (SSSR count). The number of aromatic nitrogens is 1. The number of carbonyl (C=O) groups excluding carboxylic acids is 1. The van der Waals surface area contributed by atoms with Crippen LogP contribution < -0.4 is 5.32 Å². The number of urea groups is 1. The molecular weight excluding hydrogens is 384 g/mol. The summed E-state index contributed by atoms with van der Waals surface area (Å²) in [5.41, 5.74) is 0.948. The third-order valence-corrected chi connectivity index (χ3v) is 6.00. The number of hydrogen-bond acceptors (Lipinski definition) is 5. The van der Waals surface area contributed by atoms with E-state index in [1.807, 2.05) is 23.1 Å². The van der Waals surface area contributed by atoms with Crippen molar-refractivity contribution < 1.29 is 19.8 Å². The Hall–Kier alpha value is -2.19. The van der Waals surface area contributed by atoms with E-state index < -0.39 is 0 Å². The van der Waals surface area contributed by atoms with Gasteiger partial charge in [-0.25, -0.2) is 4.79 Å². The number of rotatable bonds is 7. The van der Waals surface area contributed by atoms with Crippen LogP contribution in [-0.4, -0.2) is 76.3 Å². The zero-order chi connectivity index (χ0) is 21.6. The third kappa shape index (κ3) is 8.28. The van der Waals surface area contributed by atoms with Crippen molar-refractivity contribution in [1.82, 2.24) is 20.1 Å².